The number of rotatable bonds is 5. The highest BCUT2D eigenvalue weighted by Gasteiger charge is 2.21. The molecule has 0 aliphatic rings. The fourth-order valence-electron chi connectivity index (χ4n) is 2.57. The first-order valence-electron chi connectivity index (χ1n) is 7.03. The molecule has 0 aliphatic carbocycles. The molecule has 1 aromatic carbocycles. The van der Waals surface area contributed by atoms with Crippen LogP contribution in [0.5, 0.6) is 0 Å². The maximum Gasteiger partial charge on any atom is 0.123 e. The van der Waals surface area contributed by atoms with Crippen molar-refractivity contribution in [2.24, 2.45) is 7.05 Å². The second kappa shape index (κ2) is 6.18. The standard InChI is InChI=1S/C16H22FN3/c1-5-9-18-16(13-7-6-8-14(17)10-13)15-11(2)19-20(4)12(15)3/h6-8,10,16,18H,5,9H2,1-4H3. The molecule has 2 aromatic rings. The maximum absolute atomic E-state index is 13.5. The van der Waals surface area contributed by atoms with E-state index in [9.17, 15) is 4.39 Å². The molecule has 108 valence electrons. The monoisotopic (exact) mass is 275 g/mol. The van der Waals surface area contributed by atoms with Crippen molar-refractivity contribution in [3.8, 4) is 0 Å². The largest absolute Gasteiger partial charge is 0.306 e. The lowest BCUT2D eigenvalue weighted by molar-refractivity contribution is 0.581. The molecule has 1 heterocycles. The smallest absolute Gasteiger partial charge is 0.123 e. The Labute approximate surface area is 119 Å². The summed E-state index contributed by atoms with van der Waals surface area (Å²) in [5.74, 6) is -0.204. The van der Waals surface area contributed by atoms with Crippen LogP contribution in [0.3, 0.4) is 0 Å². The molecule has 0 fully saturated rings. The van der Waals surface area contributed by atoms with Gasteiger partial charge in [0.15, 0.2) is 0 Å². The summed E-state index contributed by atoms with van der Waals surface area (Å²) in [5, 5.41) is 7.97. The molecule has 1 aromatic heterocycles. The molecule has 1 N–H and O–H groups in total. The van der Waals surface area contributed by atoms with E-state index in [4.69, 9.17) is 0 Å². The minimum Gasteiger partial charge on any atom is -0.306 e. The lowest BCUT2D eigenvalue weighted by atomic mass is 9.96. The molecule has 0 spiro atoms. The molecule has 20 heavy (non-hydrogen) atoms. The molecule has 3 nitrogen and oxygen atoms in total. The van der Waals surface area contributed by atoms with Crippen LogP contribution in [0, 0.1) is 19.7 Å². The zero-order valence-electron chi connectivity index (χ0n) is 12.6. The second-order valence-corrected chi connectivity index (χ2v) is 5.15. The van der Waals surface area contributed by atoms with Gasteiger partial charge in [-0.25, -0.2) is 4.39 Å². The van der Waals surface area contributed by atoms with Gasteiger partial charge in [0.25, 0.3) is 0 Å². The Balaban J connectivity index is 2.47. The normalized spacial score (nSPS) is 12.7. The first-order chi connectivity index (χ1) is 9.54. The van der Waals surface area contributed by atoms with Crippen molar-refractivity contribution in [3.63, 3.8) is 0 Å². The van der Waals surface area contributed by atoms with Gasteiger partial charge in [-0.15, -0.1) is 0 Å². The van der Waals surface area contributed by atoms with Gasteiger partial charge < -0.3 is 5.32 Å². The number of benzene rings is 1. The highest BCUT2D eigenvalue weighted by molar-refractivity contribution is 5.37. The van der Waals surface area contributed by atoms with Gasteiger partial charge in [-0.1, -0.05) is 19.1 Å². The van der Waals surface area contributed by atoms with E-state index in [0.29, 0.717) is 0 Å². The Morgan fingerprint density at radius 1 is 1.35 bits per heavy atom. The van der Waals surface area contributed by atoms with Gasteiger partial charge in [0.2, 0.25) is 0 Å². The Hall–Kier alpha value is -1.68. The highest BCUT2D eigenvalue weighted by atomic mass is 19.1. The van der Waals surface area contributed by atoms with E-state index in [1.54, 1.807) is 12.1 Å². The summed E-state index contributed by atoms with van der Waals surface area (Å²) in [4.78, 5) is 0. The third-order valence-electron chi connectivity index (χ3n) is 3.63. The zero-order valence-corrected chi connectivity index (χ0v) is 12.6. The van der Waals surface area contributed by atoms with Crippen LogP contribution in [0.15, 0.2) is 24.3 Å². The van der Waals surface area contributed by atoms with Gasteiger partial charge in [0, 0.05) is 18.3 Å². The molecule has 1 unspecified atom stereocenters. The first kappa shape index (κ1) is 14.7. The number of hydrogen-bond acceptors (Lipinski definition) is 2. The Kier molecular flexibility index (Phi) is 4.55. The molecule has 4 heteroatoms. The Morgan fingerprint density at radius 3 is 2.65 bits per heavy atom. The minimum atomic E-state index is -0.204. The van der Waals surface area contributed by atoms with Gasteiger partial charge in [0.05, 0.1) is 11.7 Å². The number of hydrogen-bond donors (Lipinski definition) is 1. The van der Waals surface area contributed by atoms with E-state index in [2.05, 4.69) is 24.3 Å². The van der Waals surface area contributed by atoms with Crippen molar-refractivity contribution in [2.75, 3.05) is 6.54 Å². The van der Waals surface area contributed by atoms with E-state index >= 15 is 0 Å². The van der Waals surface area contributed by atoms with Gasteiger partial charge in [-0.2, -0.15) is 5.10 Å². The van der Waals surface area contributed by atoms with Crippen molar-refractivity contribution in [1.29, 1.82) is 0 Å². The lowest BCUT2D eigenvalue weighted by Crippen LogP contribution is -2.24. The van der Waals surface area contributed by atoms with E-state index in [1.807, 2.05) is 24.7 Å². The van der Waals surface area contributed by atoms with Crippen LogP contribution in [0.25, 0.3) is 0 Å². The molecule has 0 bridgehead atoms. The van der Waals surface area contributed by atoms with Crippen LogP contribution < -0.4 is 5.32 Å². The van der Waals surface area contributed by atoms with E-state index in [1.165, 1.54) is 6.07 Å². The lowest BCUT2D eigenvalue weighted by Gasteiger charge is -2.20. The van der Waals surface area contributed by atoms with Gasteiger partial charge in [-0.05, 0) is 44.5 Å². The third-order valence-corrected chi connectivity index (χ3v) is 3.63. The van der Waals surface area contributed by atoms with Crippen molar-refractivity contribution >= 4 is 0 Å². The topological polar surface area (TPSA) is 29.9 Å². The summed E-state index contributed by atoms with van der Waals surface area (Å²) in [5.41, 5.74) is 4.19. The number of aromatic nitrogens is 2. The summed E-state index contributed by atoms with van der Waals surface area (Å²) in [6.07, 6.45) is 1.03. The fourth-order valence-corrected chi connectivity index (χ4v) is 2.57. The predicted octanol–water partition coefficient (Wildman–Crippen LogP) is 3.27. The van der Waals surface area contributed by atoms with Gasteiger partial charge >= 0.3 is 0 Å². The highest BCUT2D eigenvalue weighted by Crippen LogP contribution is 2.27. The van der Waals surface area contributed by atoms with E-state index < -0.39 is 0 Å². The van der Waals surface area contributed by atoms with Gasteiger partial charge in [0.1, 0.15) is 5.82 Å². The van der Waals surface area contributed by atoms with Gasteiger partial charge in [-0.3, -0.25) is 4.68 Å². The molecular formula is C16H22FN3. The van der Waals surface area contributed by atoms with E-state index in [0.717, 1.165) is 35.5 Å². The summed E-state index contributed by atoms with van der Waals surface area (Å²) >= 11 is 0. The first-order valence-corrected chi connectivity index (χ1v) is 7.03. The molecule has 2 rings (SSSR count). The average Bonchev–Trinajstić information content (AvgIpc) is 2.66. The van der Waals surface area contributed by atoms with Crippen molar-refractivity contribution in [1.82, 2.24) is 15.1 Å². The summed E-state index contributed by atoms with van der Waals surface area (Å²) in [7, 11) is 1.94. The minimum absolute atomic E-state index is 0.0145. The summed E-state index contributed by atoms with van der Waals surface area (Å²) in [6.45, 7) is 7.06. The SMILES string of the molecule is CCCNC(c1cccc(F)c1)c1c(C)nn(C)c1C. The van der Waals surface area contributed by atoms with Crippen LogP contribution in [-0.2, 0) is 7.05 Å². The Bertz CT molecular complexity index is 589. The Morgan fingerprint density at radius 2 is 2.10 bits per heavy atom. The number of halogens is 1. The molecule has 0 saturated heterocycles. The number of nitrogens with one attached hydrogen (secondary N) is 1. The molecule has 0 amide bonds. The van der Waals surface area contributed by atoms with Crippen LogP contribution in [-0.4, -0.2) is 16.3 Å². The van der Waals surface area contributed by atoms with Crippen LogP contribution in [0.4, 0.5) is 4.39 Å². The molecular weight excluding hydrogens is 253 g/mol. The predicted molar refractivity (Wildman–Crippen MR) is 79.2 cm³/mol. The van der Waals surface area contributed by atoms with Crippen LogP contribution in [0.2, 0.25) is 0 Å². The van der Waals surface area contributed by atoms with Crippen LogP contribution in [0.1, 0.15) is 41.9 Å². The third kappa shape index (κ3) is 2.90. The summed E-state index contributed by atoms with van der Waals surface area (Å²) < 4.78 is 15.4. The fraction of sp³-hybridized carbons (Fsp3) is 0.438. The molecule has 0 saturated carbocycles. The molecule has 1 atom stereocenters. The zero-order chi connectivity index (χ0) is 14.7. The summed E-state index contributed by atoms with van der Waals surface area (Å²) in [6, 6.07) is 6.77. The second-order valence-electron chi connectivity index (χ2n) is 5.15. The quantitative estimate of drug-likeness (QED) is 0.907. The number of aryl methyl sites for hydroxylation is 2. The number of nitrogens with zero attached hydrogens (tertiary/aromatic N) is 2. The van der Waals surface area contributed by atoms with Crippen molar-refractivity contribution in [3.05, 3.63) is 52.6 Å². The van der Waals surface area contributed by atoms with E-state index in [-0.39, 0.29) is 11.9 Å². The average molecular weight is 275 g/mol. The van der Waals surface area contributed by atoms with Crippen LogP contribution >= 0.6 is 0 Å². The van der Waals surface area contributed by atoms with Crippen molar-refractivity contribution < 1.29 is 4.39 Å². The molecule has 0 radical (unpaired) electrons. The maximum atomic E-state index is 13.5. The molecule has 0 aliphatic heterocycles. The van der Waals surface area contributed by atoms with Crippen molar-refractivity contribution in [2.45, 2.75) is 33.2 Å².